The van der Waals surface area contributed by atoms with Gasteiger partial charge in [-0.05, 0) is 135 Å². The first-order chi connectivity index (χ1) is 21.1. The van der Waals surface area contributed by atoms with Crippen molar-refractivity contribution in [3.63, 3.8) is 0 Å². The fourth-order valence-electron chi connectivity index (χ4n) is 9.11. The Kier molecular flexibility index (Phi) is 9.96. The van der Waals surface area contributed by atoms with E-state index in [-0.39, 0.29) is 7.92 Å². The van der Waals surface area contributed by atoms with Crippen LogP contribution in [0.3, 0.4) is 0 Å². The molecule has 0 radical (unpaired) electrons. The van der Waals surface area contributed by atoms with Crippen molar-refractivity contribution >= 4 is 31.8 Å². The molecule has 4 atom stereocenters. The second-order valence-corrected chi connectivity index (χ2v) is 19.4. The highest BCUT2D eigenvalue weighted by Gasteiger charge is 2.43. The van der Waals surface area contributed by atoms with Crippen LogP contribution < -0.4 is 15.9 Å². The maximum Gasteiger partial charge on any atom is 0.416 e. The molecule has 3 aliphatic carbocycles. The zero-order valence-corrected chi connectivity index (χ0v) is 28.8. The van der Waals surface area contributed by atoms with Crippen molar-refractivity contribution in [2.45, 2.75) is 127 Å². The maximum atomic E-state index is 14.2. The van der Waals surface area contributed by atoms with Crippen LogP contribution in [0.25, 0.3) is 0 Å². The molecule has 44 heavy (non-hydrogen) atoms. The summed E-state index contributed by atoms with van der Waals surface area (Å²) in [5.74, 6) is 1.15. The van der Waals surface area contributed by atoms with E-state index in [1.807, 2.05) is 13.0 Å². The molecule has 0 N–H and O–H groups in total. The van der Waals surface area contributed by atoms with E-state index >= 15 is 0 Å². The maximum absolute atomic E-state index is 14.2. The number of benzene rings is 3. The highest BCUT2D eigenvalue weighted by Crippen LogP contribution is 2.64. The fraction of sp³-hybridized carbons (Fsp3) is 0.538. The zero-order chi connectivity index (χ0) is 31.0. The largest absolute Gasteiger partial charge is 0.416 e. The summed E-state index contributed by atoms with van der Waals surface area (Å²) in [4.78, 5) is 0. The first-order valence-corrected chi connectivity index (χ1v) is 19.9. The van der Waals surface area contributed by atoms with Gasteiger partial charge >= 0.3 is 6.18 Å². The van der Waals surface area contributed by atoms with Crippen LogP contribution in [0.2, 0.25) is 0 Å². The second kappa shape index (κ2) is 13.6. The van der Waals surface area contributed by atoms with E-state index in [1.54, 1.807) is 0 Å². The minimum atomic E-state index is -4.37. The number of rotatable bonds is 8. The van der Waals surface area contributed by atoms with Crippen LogP contribution in [-0.2, 0) is 6.18 Å². The van der Waals surface area contributed by atoms with Crippen molar-refractivity contribution in [2.24, 2.45) is 5.92 Å². The summed E-state index contributed by atoms with van der Waals surface area (Å²) >= 11 is 0. The van der Waals surface area contributed by atoms with Gasteiger partial charge < -0.3 is 0 Å². The SMILES string of the molecule is Cc1cc(C)cc(P(c2cc(C)cc(C(F)(F)F)c2)c2ccccc2C2CCCC2[C@@H](C)P(C2CCCC2)C2CCCC2)c1. The van der Waals surface area contributed by atoms with Gasteiger partial charge in [0, 0.05) is 0 Å². The molecule has 0 amide bonds. The molecule has 0 aliphatic heterocycles. The van der Waals surface area contributed by atoms with Crippen LogP contribution in [0.5, 0.6) is 0 Å². The van der Waals surface area contributed by atoms with Crippen molar-refractivity contribution in [1.82, 2.24) is 0 Å². The molecular weight excluding hydrogens is 587 g/mol. The molecule has 0 aromatic heterocycles. The predicted octanol–water partition coefficient (Wildman–Crippen LogP) is 11.0. The molecule has 3 aromatic carbocycles. The Morgan fingerprint density at radius 3 is 1.80 bits per heavy atom. The Morgan fingerprint density at radius 1 is 0.659 bits per heavy atom. The van der Waals surface area contributed by atoms with E-state index in [0.29, 0.717) is 17.4 Å². The van der Waals surface area contributed by atoms with E-state index in [1.165, 1.54) is 105 Å². The Morgan fingerprint density at radius 2 is 1.20 bits per heavy atom. The van der Waals surface area contributed by atoms with Crippen molar-refractivity contribution in [1.29, 1.82) is 0 Å². The summed E-state index contributed by atoms with van der Waals surface area (Å²) in [5, 5.41) is 3.23. The minimum Gasteiger partial charge on any atom is -0.166 e. The van der Waals surface area contributed by atoms with Gasteiger partial charge in [-0.15, -0.1) is 0 Å². The molecule has 0 saturated heterocycles. The average Bonchev–Trinajstić information content (AvgIpc) is 3.76. The van der Waals surface area contributed by atoms with Crippen molar-refractivity contribution < 1.29 is 13.2 Å². The van der Waals surface area contributed by atoms with Gasteiger partial charge in [0.1, 0.15) is 0 Å². The first-order valence-electron chi connectivity index (χ1n) is 17.0. The number of hydrogen-bond donors (Lipinski definition) is 0. The predicted molar refractivity (Wildman–Crippen MR) is 185 cm³/mol. The lowest BCUT2D eigenvalue weighted by molar-refractivity contribution is -0.137. The number of alkyl halides is 3. The lowest BCUT2D eigenvalue weighted by Crippen LogP contribution is -2.30. The van der Waals surface area contributed by atoms with Crippen LogP contribution in [-0.4, -0.2) is 17.0 Å². The molecule has 3 aliphatic rings. The third-order valence-electron chi connectivity index (χ3n) is 10.8. The molecule has 236 valence electrons. The van der Waals surface area contributed by atoms with Crippen molar-refractivity contribution in [3.05, 3.63) is 88.5 Å². The van der Waals surface area contributed by atoms with Crippen LogP contribution in [0, 0.1) is 26.7 Å². The van der Waals surface area contributed by atoms with Crippen molar-refractivity contribution in [2.75, 3.05) is 0 Å². The Balaban J connectivity index is 1.45. The summed E-state index contributed by atoms with van der Waals surface area (Å²) in [7, 11) is -1.18. The highest BCUT2D eigenvalue weighted by atomic mass is 31.1. The normalized spacial score (nSPS) is 23.1. The minimum absolute atomic E-state index is 0.0148. The Hall–Kier alpha value is -1.69. The van der Waals surface area contributed by atoms with Crippen LogP contribution in [0.15, 0.2) is 60.7 Å². The van der Waals surface area contributed by atoms with Crippen LogP contribution in [0.4, 0.5) is 13.2 Å². The monoisotopic (exact) mass is 636 g/mol. The fourth-order valence-corrected chi connectivity index (χ4v) is 16.6. The van der Waals surface area contributed by atoms with Gasteiger partial charge in [-0.1, -0.05) is 107 Å². The molecule has 3 unspecified atom stereocenters. The third kappa shape index (κ3) is 6.86. The summed E-state index contributed by atoms with van der Waals surface area (Å²) in [5.41, 5.74) is 6.53. The molecular formula is C39H49F3P2. The molecule has 0 heterocycles. The quantitative estimate of drug-likeness (QED) is 0.216. The number of hydrogen-bond acceptors (Lipinski definition) is 0. The second-order valence-electron chi connectivity index (χ2n) is 14.1. The molecule has 0 bridgehead atoms. The zero-order valence-electron chi connectivity index (χ0n) is 27.0. The topological polar surface area (TPSA) is 0 Å². The van der Waals surface area contributed by atoms with Gasteiger partial charge in [0.15, 0.2) is 0 Å². The van der Waals surface area contributed by atoms with E-state index in [9.17, 15) is 13.2 Å². The molecule has 0 spiro atoms. The summed E-state index contributed by atoms with van der Waals surface area (Å²) in [6.45, 7) is 8.65. The molecule has 0 nitrogen and oxygen atoms in total. The molecule has 3 fully saturated rings. The van der Waals surface area contributed by atoms with Gasteiger partial charge in [0.25, 0.3) is 0 Å². The van der Waals surface area contributed by atoms with E-state index in [0.717, 1.165) is 27.6 Å². The van der Waals surface area contributed by atoms with Gasteiger partial charge in [0.2, 0.25) is 0 Å². The summed E-state index contributed by atoms with van der Waals surface area (Å²) in [6, 6.07) is 20.3. The third-order valence-corrected chi connectivity index (χ3v) is 17.3. The molecule has 6 rings (SSSR count). The van der Waals surface area contributed by atoms with Gasteiger partial charge in [0.05, 0.1) is 5.56 Å². The van der Waals surface area contributed by atoms with Crippen LogP contribution in [0.1, 0.15) is 111 Å². The average molecular weight is 637 g/mol. The molecule has 3 saturated carbocycles. The standard InChI is InChI=1S/C39H49F3P2/c1-26-20-27(2)23-33(22-26)44(34-24-28(3)21-30(25-34)39(40,41)42)38-19-10-9-16-37(38)36-18-11-17-35(36)29(4)43(31-12-5-6-13-31)32-14-7-8-15-32/h9-10,16,19-25,29,31-32,35-36H,5-8,11-15,17-18H2,1-4H3/t29-,35?,36?,44?/m1/s1. The number of aryl methyl sites for hydroxylation is 3. The van der Waals surface area contributed by atoms with E-state index < -0.39 is 19.7 Å². The smallest absolute Gasteiger partial charge is 0.166 e. The number of halogens is 3. The Labute approximate surface area is 266 Å². The first kappa shape index (κ1) is 32.3. The molecule has 5 heteroatoms. The van der Waals surface area contributed by atoms with Crippen LogP contribution >= 0.6 is 15.8 Å². The Bertz CT molecular complexity index is 1400. The molecule has 3 aromatic rings. The van der Waals surface area contributed by atoms with E-state index in [4.69, 9.17) is 0 Å². The summed E-state index contributed by atoms with van der Waals surface area (Å²) < 4.78 is 42.5. The van der Waals surface area contributed by atoms with Gasteiger partial charge in [-0.3, -0.25) is 0 Å². The van der Waals surface area contributed by atoms with E-state index in [2.05, 4.69) is 63.2 Å². The highest BCUT2D eigenvalue weighted by molar-refractivity contribution is 7.80. The van der Waals surface area contributed by atoms with Gasteiger partial charge in [-0.25, -0.2) is 0 Å². The lowest BCUT2D eigenvalue weighted by Gasteiger charge is -2.41. The van der Waals surface area contributed by atoms with Gasteiger partial charge in [-0.2, -0.15) is 13.2 Å². The lowest BCUT2D eigenvalue weighted by atomic mass is 9.87. The van der Waals surface area contributed by atoms with Crippen molar-refractivity contribution in [3.8, 4) is 0 Å². The summed E-state index contributed by atoms with van der Waals surface area (Å²) in [6.07, 6.45) is 10.8.